The van der Waals surface area contributed by atoms with E-state index in [-0.39, 0.29) is 30.8 Å². The molecule has 194 valence electrons. The monoisotopic (exact) mass is 495 g/mol. The number of hydrogen-bond acceptors (Lipinski definition) is 5. The molecular weight excluding hydrogens is 458 g/mol. The molecular formula is C28H37N3O5. The number of benzene rings is 2. The molecule has 3 atom stereocenters. The van der Waals surface area contributed by atoms with Crippen LogP contribution in [0.25, 0.3) is 0 Å². The Morgan fingerprint density at radius 3 is 2.50 bits per heavy atom. The van der Waals surface area contributed by atoms with Crippen molar-refractivity contribution in [1.82, 2.24) is 10.2 Å². The topological polar surface area (TPSA) is 122 Å². The Balaban J connectivity index is 1.65. The van der Waals surface area contributed by atoms with Gasteiger partial charge in [-0.1, -0.05) is 49.4 Å². The van der Waals surface area contributed by atoms with Crippen LogP contribution in [0.1, 0.15) is 43.7 Å². The molecule has 1 aliphatic heterocycles. The number of carbonyl (C=O) groups is 3. The highest BCUT2D eigenvalue weighted by atomic mass is 16.5. The van der Waals surface area contributed by atoms with Crippen LogP contribution in [-0.4, -0.2) is 53.5 Å². The second-order valence-electron chi connectivity index (χ2n) is 9.56. The number of primary amides is 1. The van der Waals surface area contributed by atoms with Gasteiger partial charge in [0.1, 0.15) is 18.4 Å². The second-order valence-corrected chi connectivity index (χ2v) is 9.56. The van der Waals surface area contributed by atoms with Gasteiger partial charge in [0, 0.05) is 38.5 Å². The molecule has 1 heterocycles. The van der Waals surface area contributed by atoms with Crippen molar-refractivity contribution in [1.29, 1.82) is 0 Å². The summed E-state index contributed by atoms with van der Waals surface area (Å²) in [7, 11) is 0. The number of piperidine rings is 1. The number of nitrogens with one attached hydrogen (secondary N) is 1. The van der Waals surface area contributed by atoms with Crippen LogP contribution in [0.3, 0.4) is 0 Å². The number of nitrogens with zero attached hydrogens (tertiary/aromatic N) is 1. The molecule has 3 unspecified atom stereocenters. The van der Waals surface area contributed by atoms with Crippen molar-refractivity contribution in [3.05, 3.63) is 65.7 Å². The highest BCUT2D eigenvalue weighted by molar-refractivity contribution is 5.88. The summed E-state index contributed by atoms with van der Waals surface area (Å²) in [5.41, 5.74) is 7.27. The zero-order valence-corrected chi connectivity index (χ0v) is 20.9. The van der Waals surface area contributed by atoms with Crippen molar-refractivity contribution >= 4 is 17.7 Å². The Hall–Kier alpha value is -3.39. The molecule has 0 aliphatic carbocycles. The smallest absolute Gasteiger partial charge is 0.245 e. The normalized spacial score (nSPS) is 17.2. The van der Waals surface area contributed by atoms with Gasteiger partial charge in [0.15, 0.2) is 0 Å². The lowest BCUT2D eigenvalue weighted by Crippen LogP contribution is -2.52. The minimum atomic E-state index is -0.741. The minimum Gasteiger partial charge on any atom is -0.489 e. The van der Waals surface area contributed by atoms with E-state index in [0.29, 0.717) is 32.5 Å². The first-order valence-corrected chi connectivity index (χ1v) is 12.6. The number of likely N-dealkylation sites (tertiary alicyclic amines) is 1. The zero-order valence-electron chi connectivity index (χ0n) is 20.9. The van der Waals surface area contributed by atoms with E-state index in [1.54, 1.807) is 11.8 Å². The van der Waals surface area contributed by atoms with Crippen LogP contribution in [0.4, 0.5) is 0 Å². The molecule has 2 aromatic rings. The summed E-state index contributed by atoms with van der Waals surface area (Å²) in [6, 6.07) is 16.7. The van der Waals surface area contributed by atoms with E-state index in [0.717, 1.165) is 29.7 Å². The van der Waals surface area contributed by atoms with Gasteiger partial charge in [0.05, 0.1) is 0 Å². The molecule has 3 amide bonds. The van der Waals surface area contributed by atoms with Crippen molar-refractivity contribution in [3.8, 4) is 5.75 Å². The lowest BCUT2D eigenvalue weighted by atomic mass is 9.97. The fraction of sp³-hybridized carbons (Fsp3) is 0.464. The molecule has 8 heteroatoms. The minimum absolute atomic E-state index is 0.0380. The van der Waals surface area contributed by atoms with Crippen LogP contribution >= 0.6 is 0 Å². The summed E-state index contributed by atoms with van der Waals surface area (Å²) in [6.45, 7) is 3.26. The molecule has 0 saturated carbocycles. The summed E-state index contributed by atoms with van der Waals surface area (Å²) >= 11 is 0. The van der Waals surface area contributed by atoms with Gasteiger partial charge >= 0.3 is 0 Å². The van der Waals surface area contributed by atoms with Crippen molar-refractivity contribution < 1.29 is 24.2 Å². The summed E-state index contributed by atoms with van der Waals surface area (Å²) in [5, 5.41) is 12.4. The second kappa shape index (κ2) is 13.6. The van der Waals surface area contributed by atoms with E-state index in [9.17, 15) is 19.5 Å². The first-order valence-electron chi connectivity index (χ1n) is 12.6. The van der Waals surface area contributed by atoms with Gasteiger partial charge in [0.25, 0.3) is 0 Å². The molecule has 0 aromatic heterocycles. The van der Waals surface area contributed by atoms with Crippen LogP contribution in [0.5, 0.6) is 5.75 Å². The molecule has 1 aliphatic rings. The first kappa shape index (κ1) is 27.2. The number of rotatable bonds is 12. The third-order valence-electron chi connectivity index (χ3n) is 6.62. The summed E-state index contributed by atoms with van der Waals surface area (Å²) < 4.78 is 5.85. The van der Waals surface area contributed by atoms with E-state index >= 15 is 0 Å². The van der Waals surface area contributed by atoms with Crippen LogP contribution in [-0.2, 0) is 27.4 Å². The van der Waals surface area contributed by atoms with Crippen molar-refractivity contribution in [2.45, 2.75) is 51.7 Å². The number of carbonyl (C=O) groups excluding carboxylic acids is 3. The molecule has 0 spiro atoms. The molecule has 1 saturated heterocycles. The predicted molar refractivity (Wildman–Crippen MR) is 137 cm³/mol. The van der Waals surface area contributed by atoms with Crippen LogP contribution < -0.4 is 15.8 Å². The Kier molecular flexibility index (Phi) is 10.3. The maximum Gasteiger partial charge on any atom is 0.245 e. The molecule has 36 heavy (non-hydrogen) atoms. The van der Waals surface area contributed by atoms with Crippen molar-refractivity contribution in [2.75, 3.05) is 19.7 Å². The molecule has 0 radical (unpaired) electrons. The van der Waals surface area contributed by atoms with Gasteiger partial charge < -0.3 is 25.8 Å². The van der Waals surface area contributed by atoms with Crippen LogP contribution in [0, 0.1) is 11.8 Å². The number of nitrogens with two attached hydrogens (primary N) is 1. The van der Waals surface area contributed by atoms with Gasteiger partial charge in [-0.3, -0.25) is 14.4 Å². The quantitative estimate of drug-likeness (QED) is 0.418. The Bertz CT molecular complexity index is 996. The van der Waals surface area contributed by atoms with Crippen molar-refractivity contribution in [3.63, 3.8) is 0 Å². The molecule has 8 nitrogen and oxygen atoms in total. The highest BCUT2D eigenvalue weighted by Gasteiger charge is 2.30. The van der Waals surface area contributed by atoms with E-state index in [1.807, 2.05) is 54.6 Å². The van der Waals surface area contributed by atoms with Gasteiger partial charge in [-0.05, 0) is 48.4 Å². The average molecular weight is 496 g/mol. The predicted octanol–water partition coefficient (Wildman–Crippen LogP) is 2.43. The third-order valence-corrected chi connectivity index (χ3v) is 6.62. The molecule has 4 N–H and O–H groups in total. The Morgan fingerprint density at radius 2 is 1.83 bits per heavy atom. The van der Waals surface area contributed by atoms with Crippen LogP contribution in [0.15, 0.2) is 54.6 Å². The Morgan fingerprint density at radius 1 is 1.11 bits per heavy atom. The molecule has 1 fully saturated rings. The average Bonchev–Trinajstić information content (AvgIpc) is 2.91. The summed E-state index contributed by atoms with van der Waals surface area (Å²) in [6.07, 6.45) is 2.47. The van der Waals surface area contributed by atoms with Crippen molar-refractivity contribution in [2.24, 2.45) is 17.6 Å². The lowest BCUT2D eigenvalue weighted by Gasteiger charge is -2.34. The molecule has 2 aromatic carbocycles. The zero-order chi connectivity index (χ0) is 25.9. The molecule has 3 rings (SSSR count). The number of aliphatic hydroxyl groups excluding tert-OH is 1. The summed E-state index contributed by atoms with van der Waals surface area (Å²) in [5.74, 6) is -0.545. The lowest BCUT2D eigenvalue weighted by molar-refractivity contribution is -0.138. The van der Waals surface area contributed by atoms with Crippen LogP contribution in [0.2, 0.25) is 0 Å². The standard InChI is InChI=1S/C28H37N3O5/c1-20(27(29)34)9-14-26(33)30-25(28(35)31-15-5-8-23(17-31)18-32)16-21-10-12-24(13-11-21)36-19-22-6-3-2-4-7-22/h2-4,6-7,10-13,20,23,25,32H,5,8-9,14-19H2,1H3,(H2,29,34)(H,30,33). The van der Waals surface area contributed by atoms with E-state index in [2.05, 4.69) is 5.32 Å². The number of ether oxygens (including phenoxy) is 1. The number of aliphatic hydroxyl groups is 1. The third kappa shape index (κ3) is 8.37. The maximum absolute atomic E-state index is 13.4. The largest absolute Gasteiger partial charge is 0.489 e. The highest BCUT2D eigenvalue weighted by Crippen LogP contribution is 2.19. The fourth-order valence-electron chi connectivity index (χ4n) is 4.29. The van der Waals surface area contributed by atoms with E-state index in [4.69, 9.17) is 10.5 Å². The SMILES string of the molecule is CC(CCC(=O)NC(Cc1ccc(OCc2ccccc2)cc1)C(=O)N1CCCC(CO)C1)C(N)=O. The summed E-state index contributed by atoms with van der Waals surface area (Å²) in [4.78, 5) is 39.1. The van der Waals surface area contributed by atoms with E-state index in [1.165, 1.54) is 0 Å². The molecule has 0 bridgehead atoms. The van der Waals surface area contributed by atoms with Gasteiger partial charge in [0.2, 0.25) is 17.7 Å². The fourth-order valence-corrected chi connectivity index (χ4v) is 4.29. The van der Waals surface area contributed by atoms with Gasteiger partial charge in [-0.15, -0.1) is 0 Å². The number of amides is 3. The first-order chi connectivity index (χ1) is 17.4. The van der Waals surface area contributed by atoms with Gasteiger partial charge in [-0.2, -0.15) is 0 Å². The number of hydrogen-bond donors (Lipinski definition) is 3. The maximum atomic E-state index is 13.4. The Labute approximate surface area is 212 Å². The van der Waals surface area contributed by atoms with Gasteiger partial charge in [-0.25, -0.2) is 0 Å². The van der Waals surface area contributed by atoms with E-state index < -0.39 is 17.9 Å².